The topological polar surface area (TPSA) is 79.4 Å². The minimum atomic E-state index is -0.365. The first-order valence-electron chi connectivity index (χ1n) is 5.69. The fraction of sp³-hybridized carbons (Fsp3) is 0.154. The first-order chi connectivity index (χ1) is 9.20. The third-order valence-electron chi connectivity index (χ3n) is 2.45. The molecule has 0 saturated carbocycles. The molecule has 6 nitrogen and oxygen atoms in total. The van der Waals surface area contributed by atoms with Gasteiger partial charge in [0, 0.05) is 11.3 Å². The molecule has 1 amide bonds. The van der Waals surface area contributed by atoms with Crippen LogP contribution >= 0.6 is 0 Å². The highest BCUT2D eigenvalue weighted by Crippen LogP contribution is 2.14. The normalized spacial score (nSPS) is 10.6. The van der Waals surface area contributed by atoms with Crippen molar-refractivity contribution in [1.82, 2.24) is 15.6 Å². The Labute approximate surface area is 110 Å². The molecule has 1 aromatic carbocycles. The van der Waals surface area contributed by atoms with Crippen LogP contribution in [0.5, 0.6) is 5.75 Å². The standard InChI is InChI=1S/C13H14N4O2/c1-9-7-11(16-15-9)13(18)17-14-8-10-5-3-4-6-12(10)19-2/h3-8H,1-2H3,(H,15,16)(H,17,18). The number of nitrogens with zero attached hydrogens (tertiary/aromatic N) is 2. The zero-order valence-corrected chi connectivity index (χ0v) is 10.7. The lowest BCUT2D eigenvalue weighted by Crippen LogP contribution is -2.18. The molecule has 2 rings (SSSR count). The number of nitrogens with one attached hydrogen (secondary N) is 2. The summed E-state index contributed by atoms with van der Waals surface area (Å²) in [7, 11) is 1.58. The first kappa shape index (κ1) is 12.8. The third kappa shape index (κ3) is 3.19. The molecule has 0 radical (unpaired) electrons. The summed E-state index contributed by atoms with van der Waals surface area (Å²) in [4.78, 5) is 11.7. The monoisotopic (exact) mass is 258 g/mol. The number of amides is 1. The van der Waals surface area contributed by atoms with Crippen molar-refractivity contribution in [1.29, 1.82) is 0 Å². The highest BCUT2D eigenvalue weighted by Gasteiger charge is 2.07. The second-order valence-electron chi connectivity index (χ2n) is 3.88. The van der Waals surface area contributed by atoms with Crippen molar-refractivity contribution in [3.05, 3.63) is 47.3 Å². The van der Waals surface area contributed by atoms with Crippen molar-refractivity contribution in [2.45, 2.75) is 6.92 Å². The van der Waals surface area contributed by atoms with Gasteiger partial charge < -0.3 is 4.74 Å². The van der Waals surface area contributed by atoms with Gasteiger partial charge in [-0.05, 0) is 25.1 Å². The van der Waals surface area contributed by atoms with E-state index in [0.717, 1.165) is 11.3 Å². The Morgan fingerprint density at radius 2 is 2.26 bits per heavy atom. The van der Waals surface area contributed by atoms with Gasteiger partial charge in [-0.1, -0.05) is 12.1 Å². The van der Waals surface area contributed by atoms with Gasteiger partial charge in [0.2, 0.25) is 0 Å². The molecule has 6 heteroatoms. The predicted octanol–water partition coefficient (Wildman–Crippen LogP) is 1.49. The molecule has 0 saturated heterocycles. The molecule has 0 aliphatic rings. The van der Waals surface area contributed by atoms with Crippen molar-refractivity contribution >= 4 is 12.1 Å². The summed E-state index contributed by atoms with van der Waals surface area (Å²) in [5.41, 5.74) is 4.30. The Morgan fingerprint density at radius 3 is 2.95 bits per heavy atom. The number of aromatic amines is 1. The van der Waals surface area contributed by atoms with E-state index < -0.39 is 0 Å². The molecular weight excluding hydrogens is 244 g/mol. The second-order valence-corrected chi connectivity index (χ2v) is 3.88. The van der Waals surface area contributed by atoms with E-state index in [1.807, 2.05) is 31.2 Å². The highest BCUT2D eigenvalue weighted by molar-refractivity contribution is 5.93. The molecule has 98 valence electrons. The lowest BCUT2D eigenvalue weighted by atomic mass is 10.2. The van der Waals surface area contributed by atoms with E-state index in [4.69, 9.17) is 4.74 Å². The van der Waals surface area contributed by atoms with E-state index in [-0.39, 0.29) is 5.91 Å². The van der Waals surface area contributed by atoms with Crippen LogP contribution in [0.25, 0.3) is 0 Å². The van der Waals surface area contributed by atoms with Gasteiger partial charge >= 0.3 is 0 Å². The van der Waals surface area contributed by atoms with Gasteiger partial charge in [0.1, 0.15) is 5.75 Å². The largest absolute Gasteiger partial charge is 0.496 e. The third-order valence-corrected chi connectivity index (χ3v) is 2.45. The quantitative estimate of drug-likeness (QED) is 0.644. The number of carbonyl (C=O) groups is 1. The Kier molecular flexibility index (Phi) is 3.92. The molecule has 0 aliphatic carbocycles. The van der Waals surface area contributed by atoms with Crippen LogP contribution in [0.4, 0.5) is 0 Å². The van der Waals surface area contributed by atoms with Gasteiger partial charge in [0.15, 0.2) is 5.69 Å². The molecule has 0 spiro atoms. The SMILES string of the molecule is COc1ccccc1C=NNC(=O)c1cc(C)[nH]n1. The van der Waals surface area contributed by atoms with Crippen LogP contribution in [-0.4, -0.2) is 29.4 Å². The number of hydrazone groups is 1. The van der Waals surface area contributed by atoms with Crippen molar-refractivity contribution in [3.8, 4) is 5.75 Å². The maximum absolute atomic E-state index is 11.7. The number of aromatic nitrogens is 2. The molecule has 0 fully saturated rings. The molecule has 0 unspecified atom stereocenters. The molecule has 1 heterocycles. The van der Waals surface area contributed by atoms with Gasteiger partial charge in [0.05, 0.1) is 13.3 Å². The molecule has 1 aromatic heterocycles. The minimum Gasteiger partial charge on any atom is -0.496 e. The van der Waals surface area contributed by atoms with Crippen molar-refractivity contribution in [3.63, 3.8) is 0 Å². The predicted molar refractivity (Wildman–Crippen MR) is 71.4 cm³/mol. The average molecular weight is 258 g/mol. The van der Waals surface area contributed by atoms with Crippen LogP contribution in [0.3, 0.4) is 0 Å². The average Bonchev–Trinajstić information content (AvgIpc) is 2.86. The van der Waals surface area contributed by atoms with E-state index in [1.165, 1.54) is 6.21 Å². The summed E-state index contributed by atoms with van der Waals surface area (Å²) in [6, 6.07) is 9.03. The number of aryl methyl sites for hydroxylation is 1. The van der Waals surface area contributed by atoms with Crippen LogP contribution in [0.15, 0.2) is 35.4 Å². The Morgan fingerprint density at radius 1 is 1.47 bits per heavy atom. The number of benzene rings is 1. The Hall–Kier alpha value is -2.63. The zero-order chi connectivity index (χ0) is 13.7. The number of hydrogen-bond acceptors (Lipinski definition) is 4. The molecule has 2 N–H and O–H groups in total. The number of carbonyl (C=O) groups excluding carboxylic acids is 1. The number of methoxy groups -OCH3 is 1. The van der Waals surface area contributed by atoms with Crippen LogP contribution in [0, 0.1) is 6.92 Å². The second kappa shape index (κ2) is 5.81. The number of H-pyrrole nitrogens is 1. The maximum Gasteiger partial charge on any atom is 0.291 e. The molecule has 0 atom stereocenters. The number of hydrogen-bond donors (Lipinski definition) is 2. The van der Waals surface area contributed by atoms with Crippen LogP contribution in [0.2, 0.25) is 0 Å². The van der Waals surface area contributed by atoms with Crippen molar-refractivity contribution in [2.75, 3.05) is 7.11 Å². The van der Waals surface area contributed by atoms with Crippen LogP contribution in [0.1, 0.15) is 21.7 Å². The molecule has 19 heavy (non-hydrogen) atoms. The van der Waals surface area contributed by atoms with Gasteiger partial charge in [-0.15, -0.1) is 0 Å². The number of rotatable bonds is 4. The van der Waals surface area contributed by atoms with E-state index in [1.54, 1.807) is 13.2 Å². The first-order valence-corrected chi connectivity index (χ1v) is 5.69. The molecule has 0 bridgehead atoms. The Bertz CT molecular complexity index is 604. The summed E-state index contributed by atoms with van der Waals surface area (Å²) in [5.74, 6) is 0.326. The van der Waals surface area contributed by atoms with E-state index in [9.17, 15) is 4.79 Å². The maximum atomic E-state index is 11.7. The molecule has 0 aliphatic heterocycles. The number of para-hydroxylation sites is 1. The molecular formula is C13H14N4O2. The minimum absolute atomic E-state index is 0.301. The smallest absolute Gasteiger partial charge is 0.291 e. The summed E-state index contributed by atoms with van der Waals surface area (Å²) < 4.78 is 5.17. The van der Waals surface area contributed by atoms with Gasteiger partial charge in [-0.2, -0.15) is 10.2 Å². The fourth-order valence-electron chi connectivity index (χ4n) is 1.53. The summed E-state index contributed by atoms with van der Waals surface area (Å²) >= 11 is 0. The lowest BCUT2D eigenvalue weighted by molar-refractivity contribution is 0.0950. The van der Waals surface area contributed by atoms with E-state index >= 15 is 0 Å². The van der Waals surface area contributed by atoms with E-state index in [0.29, 0.717) is 11.4 Å². The van der Waals surface area contributed by atoms with Gasteiger partial charge in [-0.25, -0.2) is 5.43 Å². The summed E-state index contributed by atoms with van der Waals surface area (Å²) in [6.07, 6.45) is 1.52. The van der Waals surface area contributed by atoms with Crippen molar-refractivity contribution < 1.29 is 9.53 Å². The van der Waals surface area contributed by atoms with Crippen molar-refractivity contribution in [2.24, 2.45) is 5.10 Å². The summed E-state index contributed by atoms with van der Waals surface area (Å²) in [5, 5.41) is 10.4. The van der Waals surface area contributed by atoms with Crippen LogP contribution in [-0.2, 0) is 0 Å². The number of ether oxygens (including phenoxy) is 1. The van der Waals surface area contributed by atoms with E-state index in [2.05, 4.69) is 20.7 Å². The van der Waals surface area contributed by atoms with Gasteiger partial charge in [0.25, 0.3) is 5.91 Å². The van der Waals surface area contributed by atoms with Crippen LogP contribution < -0.4 is 10.2 Å². The lowest BCUT2D eigenvalue weighted by Gasteiger charge is -2.02. The Balaban J connectivity index is 2.02. The fourth-order valence-corrected chi connectivity index (χ4v) is 1.53. The molecule has 2 aromatic rings. The highest BCUT2D eigenvalue weighted by atomic mass is 16.5. The van der Waals surface area contributed by atoms with Gasteiger partial charge in [-0.3, -0.25) is 9.89 Å². The summed E-state index contributed by atoms with van der Waals surface area (Å²) in [6.45, 7) is 1.82. The zero-order valence-electron chi connectivity index (χ0n) is 10.7.